The Kier molecular flexibility index (Phi) is 5.04. The summed E-state index contributed by atoms with van der Waals surface area (Å²) in [4.78, 5) is 0. The first-order valence-corrected chi connectivity index (χ1v) is 9.58. The van der Waals surface area contributed by atoms with Crippen LogP contribution in [-0.4, -0.2) is 4.57 Å². The Morgan fingerprint density at radius 2 is 1.42 bits per heavy atom. The molecule has 0 saturated heterocycles. The molecule has 0 unspecified atom stereocenters. The number of para-hydroxylation sites is 1. The minimum Gasteiger partial charge on any atom is -0.232 e. The number of hydrogen-bond donors (Lipinski definition) is 0. The molecule has 0 fully saturated rings. The van der Waals surface area contributed by atoms with Crippen molar-refractivity contribution in [1.82, 2.24) is 4.57 Å². The Morgan fingerprint density at radius 3 is 2.00 bits per heavy atom. The second-order valence-corrected chi connectivity index (χ2v) is 7.99. The van der Waals surface area contributed by atoms with Crippen LogP contribution in [0, 0.1) is 13.8 Å². The molecule has 0 amide bonds. The molecular weight excluding hydrogens is 316 g/mol. The predicted octanol–water partition coefficient (Wildman–Crippen LogP) is 5.83. The van der Waals surface area contributed by atoms with E-state index < -0.39 is 0 Å². The van der Waals surface area contributed by atoms with E-state index in [-0.39, 0.29) is 0 Å². The molecular formula is C24H31N2+. The fourth-order valence-corrected chi connectivity index (χ4v) is 3.73. The maximum Gasteiger partial charge on any atom is 0.249 e. The highest BCUT2D eigenvalue weighted by Crippen LogP contribution is 2.29. The molecule has 1 aromatic heterocycles. The zero-order chi connectivity index (χ0) is 19.0. The third-order valence-corrected chi connectivity index (χ3v) is 5.42. The number of nitrogens with zero attached hydrogens (tertiary/aromatic N) is 2. The third-order valence-electron chi connectivity index (χ3n) is 5.42. The van der Waals surface area contributed by atoms with Gasteiger partial charge in [0, 0.05) is 16.7 Å². The van der Waals surface area contributed by atoms with E-state index in [9.17, 15) is 0 Å². The van der Waals surface area contributed by atoms with Gasteiger partial charge in [0.25, 0.3) is 0 Å². The van der Waals surface area contributed by atoms with E-state index in [1.54, 1.807) is 0 Å². The summed E-state index contributed by atoms with van der Waals surface area (Å²) in [6.07, 6.45) is 4.50. The van der Waals surface area contributed by atoms with Gasteiger partial charge in [0.15, 0.2) is 5.69 Å². The van der Waals surface area contributed by atoms with Crippen molar-refractivity contribution in [3.05, 3.63) is 71.2 Å². The van der Waals surface area contributed by atoms with Gasteiger partial charge in [-0.2, -0.15) is 0 Å². The van der Waals surface area contributed by atoms with Crippen LogP contribution in [-0.2, 0) is 7.05 Å². The molecule has 3 rings (SSSR count). The highest BCUT2D eigenvalue weighted by atomic mass is 15.1. The van der Waals surface area contributed by atoms with Crippen molar-refractivity contribution < 1.29 is 4.57 Å². The lowest BCUT2D eigenvalue weighted by molar-refractivity contribution is -0.596. The second-order valence-electron chi connectivity index (χ2n) is 7.99. The van der Waals surface area contributed by atoms with E-state index in [2.05, 4.69) is 107 Å². The number of hydrogen-bond acceptors (Lipinski definition) is 0. The van der Waals surface area contributed by atoms with Gasteiger partial charge in [-0.25, -0.2) is 9.13 Å². The van der Waals surface area contributed by atoms with Gasteiger partial charge in [-0.05, 0) is 36.8 Å². The summed E-state index contributed by atoms with van der Waals surface area (Å²) < 4.78 is 4.56. The molecule has 136 valence electrons. The molecule has 0 bridgehead atoms. The predicted molar refractivity (Wildman–Crippen MR) is 110 cm³/mol. The number of aromatic nitrogens is 2. The number of rotatable bonds is 4. The number of aryl methyl sites for hydroxylation is 2. The van der Waals surface area contributed by atoms with Crippen LogP contribution < -0.4 is 4.57 Å². The van der Waals surface area contributed by atoms with Crippen molar-refractivity contribution in [1.29, 1.82) is 0 Å². The van der Waals surface area contributed by atoms with E-state index in [4.69, 9.17) is 0 Å². The molecule has 2 aromatic carbocycles. The summed E-state index contributed by atoms with van der Waals surface area (Å²) in [5, 5.41) is 0. The van der Waals surface area contributed by atoms with Gasteiger partial charge >= 0.3 is 0 Å². The maximum atomic E-state index is 2.32. The minimum atomic E-state index is 0.487. The summed E-state index contributed by atoms with van der Waals surface area (Å²) in [5.41, 5.74) is 9.38. The van der Waals surface area contributed by atoms with Crippen molar-refractivity contribution in [3.63, 3.8) is 0 Å². The summed E-state index contributed by atoms with van der Waals surface area (Å²) >= 11 is 0. The van der Waals surface area contributed by atoms with E-state index in [0.29, 0.717) is 11.8 Å². The molecule has 0 aliphatic rings. The van der Waals surface area contributed by atoms with Gasteiger partial charge in [-0.3, -0.25) is 0 Å². The van der Waals surface area contributed by atoms with Crippen LogP contribution in [0.15, 0.2) is 48.9 Å². The molecule has 0 saturated carbocycles. The van der Waals surface area contributed by atoms with Crippen molar-refractivity contribution in [2.75, 3.05) is 0 Å². The fraction of sp³-hybridized carbons (Fsp3) is 0.375. The van der Waals surface area contributed by atoms with Crippen LogP contribution in [0.5, 0.6) is 0 Å². The molecule has 0 radical (unpaired) electrons. The average molecular weight is 348 g/mol. The van der Waals surface area contributed by atoms with Crippen molar-refractivity contribution in [2.45, 2.75) is 53.4 Å². The molecule has 0 N–H and O–H groups in total. The summed E-state index contributed by atoms with van der Waals surface area (Å²) in [6.45, 7) is 13.5. The molecule has 0 atom stereocenters. The summed E-state index contributed by atoms with van der Waals surface area (Å²) in [7, 11) is 2.14. The first kappa shape index (κ1) is 18.4. The Bertz CT molecular complexity index is 903. The van der Waals surface area contributed by atoms with Crippen LogP contribution in [0.4, 0.5) is 0 Å². The zero-order valence-electron chi connectivity index (χ0n) is 17.2. The zero-order valence-corrected chi connectivity index (χ0v) is 17.2. The summed E-state index contributed by atoms with van der Waals surface area (Å²) in [6, 6.07) is 13.3. The molecule has 0 aliphatic heterocycles. The number of benzene rings is 2. The lowest BCUT2D eigenvalue weighted by Gasteiger charge is -2.16. The lowest BCUT2D eigenvalue weighted by Crippen LogP contribution is -2.31. The van der Waals surface area contributed by atoms with Gasteiger partial charge in [0.2, 0.25) is 6.33 Å². The van der Waals surface area contributed by atoms with Gasteiger partial charge in [-0.1, -0.05) is 64.1 Å². The summed E-state index contributed by atoms with van der Waals surface area (Å²) in [5.74, 6) is 0.973. The topological polar surface area (TPSA) is 8.81 Å². The van der Waals surface area contributed by atoms with Crippen molar-refractivity contribution in [3.8, 4) is 16.9 Å². The quantitative estimate of drug-likeness (QED) is 0.525. The Labute approximate surface area is 158 Å². The van der Waals surface area contributed by atoms with Gasteiger partial charge in [0.05, 0.1) is 7.05 Å². The van der Waals surface area contributed by atoms with Crippen molar-refractivity contribution in [2.24, 2.45) is 7.05 Å². The van der Waals surface area contributed by atoms with Gasteiger partial charge < -0.3 is 0 Å². The first-order valence-electron chi connectivity index (χ1n) is 9.58. The van der Waals surface area contributed by atoms with Crippen molar-refractivity contribution >= 4 is 0 Å². The van der Waals surface area contributed by atoms with E-state index in [0.717, 1.165) is 0 Å². The standard InChI is InChI=1S/C24H31N2/c1-16(2)20-11-9-12-21(17(3)4)24(20)26-14-23(25(7)15-26)22-13-8-10-18(5)19(22)6/h8-17H,1-7H3/q+1. The van der Waals surface area contributed by atoms with E-state index in [1.165, 1.54) is 39.2 Å². The SMILES string of the molecule is Cc1cccc(-c2c[n+](-c3c(C(C)C)cccc3C(C)C)cn2C)c1C. The van der Waals surface area contributed by atoms with Crippen LogP contribution in [0.1, 0.15) is 61.8 Å². The van der Waals surface area contributed by atoms with Gasteiger partial charge in [-0.15, -0.1) is 0 Å². The first-order chi connectivity index (χ1) is 12.3. The fourth-order valence-electron chi connectivity index (χ4n) is 3.73. The molecule has 3 aromatic rings. The maximum absolute atomic E-state index is 2.32. The Balaban J connectivity index is 2.23. The van der Waals surface area contributed by atoms with Crippen LogP contribution in [0.2, 0.25) is 0 Å². The largest absolute Gasteiger partial charge is 0.249 e. The number of imidazole rings is 1. The third kappa shape index (κ3) is 3.21. The van der Waals surface area contributed by atoms with E-state index in [1.807, 2.05) is 0 Å². The molecule has 26 heavy (non-hydrogen) atoms. The monoisotopic (exact) mass is 347 g/mol. The van der Waals surface area contributed by atoms with E-state index >= 15 is 0 Å². The smallest absolute Gasteiger partial charge is 0.232 e. The lowest BCUT2D eigenvalue weighted by atomic mass is 9.92. The van der Waals surface area contributed by atoms with Crippen LogP contribution in [0.25, 0.3) is 16.9 Å². The van der Waals surface area contributed by atoms with Crippen LogP contribution in [0.3, 0.4) is 0 Å². The van der Waals surface area contributed by atoms with Crippen LogP contribution >= 0.6 is 0 Å². The highest BCUT2D eigenvalue weighted by molar-refractivity contribution is 5.64. The molecule has 1 heterocycles. The average Bonchev–Trinajstić information content (AvgIpc) is 2.97. The molecule has 0 aliphatic carbocycles. The molecule has 2 nitrogen and oxygen atoms in total. The normalized spacial score (nSPS) is 11.6. The van der Waals surface area contributed by atoms with Gasteiger partial charge in [0.1, 0.15) is 11.9 Å². The molecule has 2 heteroatoms. The Morgan fingerprint density at radius 1 is 0.846 bits per heavy atom. The molecule has 0 spiro atoms. The minimum absolute atomic E-state index is 0.487. The highest BCUT2D eigenvalue weighted by Gasteiger charge is 2.23. The Hall–Kier alpha value is -2.35. The second kappa shape index (κ2) is 7.11.